The second-order valence-corrected chi connectivity index (χ2v) is 7.23. The Hall–Kier alpha value is -3.68. The number of hydrogen-bond acceptors (Lipinski definition) is 7. The SMILES string of the molecule is CCOC(=O)C1=C(C)NC2Nc3ccccc3N=CC2[C@@H]1c1cccc([N+](=O)[O-])c1. The Balaban J connectivity index is 1.85. The number of esters is 1. The molecule has 2 aliphatic heterocycles. The third-order valence-corrected chi connectivity index (χ3v) is 5.39. The Labute approximate surface area is 173 Å². The predicted octanol–water partition coefficient (Wildman–Crippen LogP) is 3.89. The van der Waals surface area contributed by atoms with E-state index in [0.29, 0.717) is 16.8 Å². The molecule has 0 radical (unpaired) electrons. The van der Waals surface area contributed by atoms with Crippen molar-refractivity contribution in [2.24, 2.45) is 10.9 Å². The van der Waals surface area contributed by atoms with Gasteiger partial charge in [0.1, 0.15) is 6.17 Å². The monoisotopic (exact) mass is 406 g/mol. The molecule has 0 bridgehead atoms. The summed E-state index contributed by atoms with van der Waals surface area (Å²) in [4.78, 5) is 28.4. The molecule has 0 amide bonds. The highest BCUT2D eigenvalue weighted by molar-refractivity contribution is 5.93. The molecule has 4 rings (SSSR count). The molecule has 2 aromatic carbocycles. The third-order valence-electron chi connectivity index (χ3n) is 5.39. The molecule has 30 heavy (non-hydrogen) atoms. The number of para-hydroxylation sites is 2. The van der Waals surface area contributed by atoms with Crippen LogP contribution in [-0.4, -0.2) is 29.9 Å². The van der Waals surface area contributed by atoms with Crippen molar-refractivity contribution in [1.82, 2.24) is 5.32 Å². The average Bonchev–Trinajstić information content (AvgIpc) is 2.92. The quantitative estimate of drug-likeness (QED) is 0.453. The highest BCUT2D eigenvalue weighted by atomic mass is 16.6. The lowest BCUT2D eigenvalue weighted by Crippen LogP contribution is -2.49. The van der Waals surface area contributed by atoms with Gasteiger partial charge < -0.3 is 15.4 Å². The van der Waals surface area contributed by atoms with Gasteiger partial charge in [-0.25, -0.2) is 4.79 Å². The molecule has 3 atom stereocenters. The van der Waals surface area contributed by atoms with Gasteiger partial charge in [0.15, 0.2) is 0 Å². The molecule has 154 valence electrons. The summed E-state index contributed by atoms with van der Waals surface area (Å²) in [7, 11) is 0. The van der Waals surface area contributed by atoms with Gasteiger partial charge in [-0.15, -0.1) is 0 Å². The maximum Gasteiger partial charge on any atom is 0.336 e. The van der Waals surface area contributed by atoms with Crippen LogP contribution in [0, 0.1) is 16.0 Å². The van der Waals surface area contributed by atoms with Crippen LogP contribution in [0.1, 0.15) is 25.3 Å². The number of fused-ring (bicyclic) bond motifs is 2. The summed E-state index contributed by atoms with van der Waals surface area (Å²) >= 11 is 0. The van der Waals surface area contributed by atoms with Gasteiger partial charge in [-0.3, -0.25) is 15.1 Å². The Morgan fingerprint density at radius 1 is 1.20 bits per heavy atom. The summed E-state index contributed by atoms with van der Waals surface area (Å²) in [6.07, 6.45) is 1.56. The standard InChI is InChI=1S/C22H22N4O4/c1-3-30-22(27)19-13(2)24-21-16(12-23-17-9-4-5-10-18(17)25-21)20(19)14-7-6-8-15(11-14)26(28)29/h4-12,16,20-21,24-25H,3H2,1-2H3/t16?,20-,21?/m0/s1. The lowest BCUT2D eigenvalue weighted by atomic mass is 9.76. The molecule has 8 nitrogen and oxygen atoms in total. The first kappa shape index (κ1) is 19.6. The van der Waals surface area contributed by atoms with Gasteiger partial charge in [0.05, 0.1) is 28.5 Å². The number of ether oxygens (including phenoxy) is 1. The molecular weight excluding hydrogens is 384 g/mol. The summed E-state index contributed by atoms with van der Waals surface area (Å²) in [5, 5.41) is 18.2. The van der Waals surface area contributed by atoms with E-state index in [2.05, 4.69) is 15.6 Å². The van der Waals surface area contributed by atoms with Gasteiger partial charge in [-0.2, -0.15) is 0 Å². The first-order valence-corrected chi connectivity index (χ1v) is 9.78. The normalized spacial score (nSPS) is 22.1. The van der Waals surface area contributed by atoms with Crippen molar-refractivity contribution in [2.75, 3.05) is 11.9 Å². The van der Waals surface area contributed by atoms with E-state index in [1.165, 1.54) is 12.1 Å². The van der Waals surface area contributed by atoms with E-state index in [1.54, 1.807) is 19.1 Å². The van der Waals surface area contributed by atoms with E-state index >= 15 is 0 Å². The van der Waals surface area contributed by atoms with Crippen molar-refractivity contribution in [3.05, 3.63) is 75.5 Å². The number of allylic oxidation sites excluding steroid dienone is 1. The van der Waals surface area contributed by atoms with E-state index in [0.717, 1.165) is 11.4 Å². The summed E-state index contributed by atoms with van der Waals surface area (Å²) in [6.45, 7) is 3.81. The number of nitro benzene ring substituents is 1. The number of non-ortho nitro benzene ring substituents is 1. The van der Waals surface area contributed by atoms with Crippen molar-refractivity contribution in [3.63, 3.8) is 0 Å². The molecule has 2 heterocycles. The summed E-state index contributed by atoms with van der Waals surface area (Å²) in [5.74, 6) is -1.17. The van der Waals surface area contributed by atoms with E-state index in [4.69, 9.17) is 4.74 Å². The number of nitro groups is 1. The fraction of sp³-hybridized carbons (Fsp3) is 0.273. The second-order valence-electron chi connectivity index (χ2n) is 7.23. The molecule has 2 aromatic rings. The van der Waals surface area contributed by atoms with E-state index in [1.807, 2.05) is 37.4 Å². The molecular formula is C22H22N4O4. The van der Waals surface area contributed by atoms with Gasteiger partial charge in [-0.1, -0.05) is 24.3 Å². The molecule has 0 aliphatic carbocycles. The molecule has 0 saturated carbocycles. The molecule has 2 N–H and O–H groups in total. The number of carbonyl (C=O) groups excluding carboxylic acids is 1. The van der Waals surface area contributed by atoms with Crippen LogP contribution in [0.25, 0.3) is 0 Å². The lowest BCUT2D eigenvalue weighted by Gasteiger charge is -2.39. The Bertz CT molecular complexity index is 1060. The van der Waals surface area contributed by atoms with Gasteiger partial charge in [0, 0.05) is 35.9 Å². The number of benzene rings is 2. The zero-order chi connectivity index (χ0) is 21.3. The van der Waals surface area contributed by atoms with Crippen molar-refractivity contribution < 1.29 is 14.5 Å². The van der Waals surface area contributed by atoms with Gasteiger partial charge in [-0.05, 0) is 31.5 Å². The topological polar surface area (TPSA) is 106 Å². The van der Waals surface area contributed by atoms with Crippen LogP contribution in [0.3, 0.4) is 0 Å². The fourth-order valence-corrected chi connectivity index (χ4v) is 4.08. The minimum absolute atomic E-state index is 0.0229. The third kappa shape index (κ3) is 3.52. The Morgan fingerprint density at radius 3 is 2.77 bits per heavy atom. The van der Waals surface area contributed by atoms with Crippen LogP contribution in [0.5, 0.6) is 0 Å². The molecule has 2 aliphatic rings. The number of carbonyl (C=O) groups is 1. The molecule has 0 spiro atoms. The van der Waals surface area contributed by atoms with Gasteiger partial charge in [0.25, 0.3) is 5.69 Å². The highest BCUT2D eigenvalue weighted by Crippen LogP contribution is 2.42. The number of aliphatic imine (C=N–C) groups is 1. The van der Waals surface area contributed by atoms with E-state index in [9.17, 15) is 14.9 Å². The first-order chi connectivity index (χ1) is 14.5. The number of nitrogens with one attached hydrogen (secondary N) is 2. The van der Waals surface area contributed by atoms with E-state index in [-0.39, 0.29) is 24.4 Å². The van der Waals surface area contributed by atoms with Crippen molar-refractivity contribution in [3.8, 4) is 0 Å². The van der Waals surface area contributed by atoms with Crippen LogP contribution in [0.15, 0.2) is 64.8 Å². The molecule has 0 fully saturated rings. The first-order valence-electron chi connectivity index (χ1n) is 9.78. The minimum atomic E-state index is -0.458. The number of anilines is 1. The fourth-order valence-electron chi connectivity index (χ4n) is 4.08. The number of nitrogens with zero attached hydrogens (tertiary/aromatic N) is 2. The van der Waals surface area contributed by atoms with Gasteiger partial charge >= 0.3 is 5.97 Å². The van der Waals surface area contributed by atoms with Crippen LogP contribution in [-0.2, 0) is 9.53 Å². The largest absolute Gasteiger partial charge is 0.463 e. The second kappa shape index (κ2) is 7.98. The number of rotatable bonds is 4. The highest BCUT2D eigenvalue weighted by Gasteiger charge is 2.42. The Morgan fingerprint density at radius 2 is 2.00 bits per heavy atom. The summed E-state index contributed by atoms with van der Waals surface area (Å²) < 4.78 is 5.32. The average molecular weight is 406 g/mol. The van der Waals surface area contributed by atoms with Crippen molar-refractivity contribution in [2.45, 2.75) is 25.9 Å². The summed E-state index contributed by atoms with van der Waals surface area (Å²) in [5.41, 5.74) is 3.44. The lowest BCUT2D eigenvalue weighted by molar-refractivity contribution is -0.384. The van der Waals surface area contributed by atoms with Crippen LogP contribution < -0.4 is 10.6 Å². The zero-order valence-corrected chi connectivity index (χ0v) is 16.7. The smallest absolute Gasteiger partial charge is 0.336 e. The zero-order valence-electron chi connectivity index (χ0n) is 16.7. The van der Waals surface area contributed by atoms with E-state index < -0.39 is 16.8 Å². The molecule has 0 aromatic heterocycles. The van der Waals surface area contributed by atoms with Gasteiger partial charge in [0.2, 0.25) is 0 Å². The summed E-state index contributed by atoms with van der Waals surface area (Å²) in [6, 6.07) is 14.1. The predicted molar refractivity (Wildman–Crippen MR) is 114 cm³/mol. The van der Waals surface area contributed by atoms with Crippen molar-refractivity contribution >= 4 is 29.2 Å². The van der Waals surface area contributed by atoms with Crippen LogP contribution in [0.4, 0.5) is 17.1 Å². The maximum atomic E-state index is 12.9. The Kier molecular flexibility index (Phi) is 5.22. The number of hydrogen-bond donors (Lipinski definition) is 2. The molecule has 2 unspecified atom stereocenters. The van der Waals surface area contributed by atoms with Crippen LogP contribution >= 0.6 is 0 Å². The van der Waals surface area contributed by atoms with Crippen molar-refractivity contribution in [1.29, 1.82) is 0 Å². The molecule has 0 saturated heterocycles. The molecule has 8 heteroatoms. The maximum absolute atomic E-state index is 12.9. The minimum Gasteiger partial charge on any atom is -0.463 e. The van der Waals surface area contributed by atoms with Crippen LogP contribution in [0.2, 0.25) is 0 Å².